The predicted molar refractivity (Wildman–Crippen MR) is 70.0 cm³/mol. The summed E-state index contributed by atoms with van der Waals surface area (Å²) >= 11 is 5.94. The highest BCUT2D eigenvalue weighted by Crippen LogP contribution is 2.23. The maximum atomic E-state index is 13.2. The third kappa shape index (κ3) is 3.29. The van der Waals surface area contributed by atoms with Crippen molar-refractivity contribution in [2.75, 3.05) is 0 Å². The van der Waals surface area contributed by atoms with Gasteiger partial charge in [-0.05, 0) is 25.1 Å². The van der Waals surface area contributed by atoms with Crippen molar-refractivity contribution in [3.8, 4) is 5.75 Å². The van der Waals surface area contributed by atoms with Crippen LogP contribution in [0.5, 0.6) is 5.75 Å². The highest BCUT2D eigenvalue weighted by molar-refractivity contribution is 6.31. The van der Waals surface area contributed by atoms with E-state index in [0.717, 1.165) is 5.56 Å². The summed E-state index contributed by atoms with van der Waals surface area (Å²) in [6.07, 6.45) is 3.08. The Morgan fingerprint density at radius 1 is 1.42 bits per heavy atom. The second kappa shape index (κ2) is 5.80. The van der Waals surface area contributed by atoms with Crippen molar-refractivity contribution in [2.45, 2.75) is 13.5 Å². The summed E-state index contributed by atoms with van der Waals surface area (Å²) in [5, 5.41) is 0.461. The first-order valence-corrected chi connectivity index (χ1v) is 5.97. The van der Waals surface area contributed by atoms with Crippen molar-refractivity contribution < 1.29 is 13.9 Å². The number of Topliss-reactive ketones (excluding diaryl/α,β-unsaturated/α-hetero) is 1. The molecule has 3 nitrogen and oxygen atoms in total. The maximum absolute atomic E-state index is 13.2. The van der Waals surface area contributed by atoms with Gasteiger partial charge < -0.3 is 4.74 Å². The van der Waals surface area contributed by atoms with E-state index in [4.69, 9.17) is 16.3 Å². The van der Waals surface area contributed by atoms with Gasteiger partial charge in [0, 0.05) is 24.0 Å². The van der Waals surface area contributed by atoms with Crippen molar-refractivity contribution in [3.63, 3.8) is 0 Å². The lowest BCUT2D eigenvalue weighted by Gasteiger charge is -2.10. The van der Waals surface area contributed by atoms with Gasteiger partial charge in [0.05, 0.1) is 10.6 Å². The first-order chi connectivity index (χ1) is 9.08. The second-order valence-corrected chi connectivity index (χ2v) is 4.36. The fourth-order valence-electron chi connectivity index (χ4n) is 1.58. The van der Waals surface area contributed by atoms with Crippen LogP contribution in [0.25, 0.3) is 0 Å². The summed E-state index contributed by atoms with van der Waals surface area (Å²) in [5.74, 6) is -0.433. The maximum Gasteiger partial charge on any atom is 0.163 e. The molecular weight excluding hydrogens is 269 g/mol. The van der Waals surface area contributed by atoms with Gasteiger partial charge in [0.1, 0.15) is 18.2 Å². The smallest absolute Gasteiger partial charge is 0.163 e. The molecular formula is C14H11ClFNO2. The van der Waals surface area contributed by atoms with E-state index in [1.54, 1.807) is 12.3 Å². The Morgan fingerprint density at radius 3 is 2.89 bits per heavy atom. The van der Waals surface area contributed by atoms with Gasteiger partial charge >= 0.3 is 0 Å². The Morgan fingerprint density at radius 2 is 2.21 bits per heavy atom. The molecule has 0 fully saturated rings. The van der Waals surface area contributed by atoms with Gasteiger partial charge in [-0.15, -0.1) is 0 Å². The first kappa shape index (κ1) is 13.5. The number of ether oxygens (including phenoxy) is 1. The van der Waals surface area contributed by atoms with E-state index < -0.39 is 5.82 Å². The molecule has 1 heterocycles. The molecule has 0 unspecified atom stereocenters. The number of rotatable bonds is 4. The van der Waals surface area contributed by atoms with Crippen molar-refractivity contribution in [3.05, 3.63) is 58.6 Å². The lowest BCUT2D eigenvalue weighted by Crippen LogP contribution is -2.02. The number of nitrogens with zero attached hydrogens (tertiary/aromatic N) is 1. The van der Waals surface area contributed by atoms with Crippen molar-refractivity contribution >= 4 is 17.4 Å². The van der Waals surface area contributed by atoms with Gasteiger partial charge in [-0.1, -0.05) is 11.6 Å². The minimum absolute atomic E-state index is 0.144. The molecule has 0 saturated carbocycles. The Labute approximate surface area is 115 Å². The highest BCUT2D eigenvalue weighted by Gasteiger charge is 2.10. The normalized spacial score (nSPS) is 10.3. The largest absolute Gasteiger partial charge is 0.488 e. The number of halogens is 2. The Bertz CT molecular complexity index is 616. The molecule has 0 radical (unpaired) electrons. The summed E-state index contributed by atoms with van der Waals surface area (Å²) in [5.41, 5.74) is 1.06. The molecule has 1 aromatic carbocycles. The molecule has 1 aromatic heterocycles. The van der Waals surface area contributed by atoms with E-state index in [-0.39, 0.29) is 18.1 Å². The van der Waals surface area contributed by atoms with E-state index in [9.17, 15) is 9.18 Å². The molecule has 0 amide bonds. The molecule has 19 heavy (non-hydrogen) atoms. The summed E-state index contributed by atoms with van der Waals surface area (Å²) in [7, 11) is 0. The van der Waals surface area contributed by atoms with Crippen LogP contribution in [-0.2, 0) is 6.61 Å². The summed E-state index contributed by atoms with van der Waals surface area (Å²) in [6, 6.07) is 5.52. The van der Waals surface area contributed by atoms with E-state index in [2.05, 4.69) is 4.98 Å². The number of benzene rings is 1. The number of carbonyl (C=O) groups is 1. The standard InChI is InChI=1S/C14H11ClFNO2/c1-9(18)12-3-2-11(16)6-14(12)19-8-10-4-5-17-7-13(10)15/h2-7H,8H2,1H3. The molecule has 0 aliphatic rings. The third-order valence-corrected chi connectivity index (χ3v) is 2.90. The van der Waals surface area contributed by atoms with Gasteiger partial charge in [-0.25, -0.2) is 4.39 Å². The molecule has 0 N–H and O–H groups in total. The molecule has 0 atom stereocenters. The van der Waals surface area contributed by atoms with Crippen LogP contribution >= 0.6 is 11.6 Å². The average Bonchev–Trinajstić information content (AvgIpc) is 2.37. The molecule has 2 rings (SSSR count). The number of aromatic nitrogens is 1. The molecule has 0 saturated heterocycles. The Kier molecular flexibility index (Phi) is 4.12. The number of hydrogen-bond acceptors (Lipinski definition) is 3. The molecule has 0 bridgehead atoms. The Hall–Kier alpha value is -1.94. The van der Waals surface area contributed by atoms with Crippen LogP contribution in [0.4, 0.5) is 4.39 Å². The lowest BCUT2D eigenvalue weighted by molar-refractivity contribution is 0.101. The van der Waals surface area contributed by atoms with Gasteiger partial charge in [0.15, 0.2) is 5.78 Å². The van der Waals surface area contributed by atoms with Crippen molar-refractivity contribution in [1.29, 1.82) is 0 Å². The summed E-state index contributed by atoms with van der Waals surface area (Å²) < 4.78 is 18.7. The molecule has 5 heteroatoms. The fourth-order valence-corrected chi connectivity index (χ4v) is 1.76. The van der Waals surface area contributed by atoms with Crippen LogP contribution < -0.4 is 4.74 Å². The Balaban J connectivity index is 2.22. The number of hydrogen-bond donors (Lipinski definition) is 0. The third-order valence-electron chi connectivity index (χ3n) is 2.56. The first-order valence-electron chi connectivity index (χ1n) is 5.59. The minimum atomic E-state index is -0.458. The minimum Gasteiger partial charge on any atom is -0.488 e. The van der Waals surface area contributed by atoms with Gasteiger partial charge in [-0.3, -0.25) is 9.78 Å². The lowest BCUT2D eigenvalue weighted by atomic mass is 10.1. The zero-order valence-corrected chi connectivity index (χ0v) is 10.9. The van der Waals surface area contributed by atoms with Gasteiger partial charge in [-0.2, -0.15) is 0 Å². The number of carbonyl (C=O) groups excluding carboxylic acids is 1. The number of pyridine rings is 1. The predicted octanol–water partition coefficient (Wildman–Crippen LogP) is 3.66. The van der Waals surface area contributed by atoms with Crippen molar-refractivity contribution in [2.24, 2.45) is 0 Å². The molecule has 2 aromatic rings. The zero-order valence-electron chi connectivity index (χ0n) is 10.2. The quantitative estimate of drug-likeness (QED) is 0.802. The van der Waals surface area contributed by atoms with Crippen molar-refractivity contribution in [1.82, 2.24) is 4.98 Å². The number of ketones is 1. The highest BCUT2D eigenvalue weighted by atomic mass is 35.5. The van der Waals surface area contributed by atoms with Gasteiger partial charge in [0.25, 0.3) is 0 Å². The summed E-state index contributed by atoms with van der Waals surface area (Å²) in [4.78, 5) is 15.3. The fraction of sp³-hybridized carbons (Fsp3) is 0.143. The van der Waals surface area contributed by atoms with Crippen LogP contribution in [0, 0.1) is 5.82 Å². The molecule has 0 aliphatic carbocycles. The molecule has 0 spiro atoms. The monoisotopic (exact) mass is 279 g/mol. The van der Waals surface area contributed by atoms with Crippen LogP contribution in [0.2, 0.25) is 5.02 Å². The topological polar surface area (TPSA) is 39.2 Å². The van der Waals surface area contributed by atoms with E-state index >= 15 is 0 Å². The van der Waals surface area contributed by atoms with Gasteiger partial charge in [0.2, 0.25) is 0 Å². The van der Waals surface area contributed by atoms with Crippen LogP contribution in [0.1, 0.15) is 22.8 Å². The summed E-state index contributed by atoms with van der Waals surface area (Å²) in [6.45, 7) is 1.55. The van der Waals surface area contributed by atoms with Crippen LogP contribution in [-0.4, -0.2) is 10.8 Å². The molecule has 98 valence electrons. The van der Waals surface area contributed by atoms with E-state index in [0.29, 0.717) is 10.6 Å². The van der Waals surface area contributed by atoms with Crippen LogP contribution in [0.15, 0.2) is 36.7 Å². The van der Waals surface area contributed by atoms with E-state index in [1.165, 1.54) is 31.3 Å². The van der Waals surface area contributed by atoms with E-state index in [1.807, 2.05) is 0 Å². The average molecular weight is 280 g/mol. The SMILES string of the molecule is CC(=O)c1ccc(F)cc1OCc1ccncc1Cl. The molecule has 0 aliphatic heterocycles. The van der Waals surface area contributed by atoms with Crippen LogP contribution in [0.3, 0.4) is 0 Å². The second-order valence-electron chi connectivity index (χ2n) is 3.95. The zero-order chi connectivity index (χ0) is 13.8.